The molecule has 3 aromatic rings. The summed E-state index contributed by atoms with van der Waals surface area (Å²) in [5, 5.41) is 0.551. The maximum absolute atomic E-state index is 13.7. The summed E-state index contributed by atoms with van der Waals surface area (Å²) in [6.45, 7) is 4.87. The van der Waals surface area contributed by atoms with Gasteiger partial charge in [-0.15, -0.1) is 0 Å². The fourth-order valence-corrected chi connectivity index (χ4v) is 5.19. The van der Waals surface area contributed by atoms with Crippen LogP contribution in [0.4, 0.5) is 0 Å². The first-order valence-corrected chi connectivity index (χ1v) is 12.2. The van der Waals surface area contributed by atoms with Gasteiger partial charge >= 0.3 is 11.9 Å². The second-order valence-electron chi connectivity index (χ2n) is 7.86. The molecule has 0 unspecified atom stereocenters. The molecule has 1 aliphatic heterocycles. The Morgan fingerprint density at radius 1 is 1.19 bits per heavy atom. The van der Waals surface area contributed by atoms with Crippen LogP contribution >= 0.6 is 22.9 Å². The summed E-state index contributed by atoms with van der Waals surface area (Å²) in [5.41, 5.74) is 1.69. The summed E-state index contributed by atoms with van der Waals surface area (Å²) >= 11 is 7.32. The molecule has 0 saturated carbocycles. The van der Waals surface area contributed by atoms with Gasteiger partial charge in [-0.2, -0.15) is 0 Å². The van der Waals surface area contributed by atoms with Crippen molar-refractivity contribution in [2.24, 2.45) is 4.99 Å². The molecule has 36 heavy (non-hydrogen) atoms. The third kappa shape index (κ3) is 4.98. The molecule has 0 bridgehead atoms. The number of allylic oxidation sites excluding steroid dienone is 1. The second-order valence-corrected chi connectivity index (χ2v) is 9.31. The monoisotopic (exact) mass is 526 g/mol. The van der Waals surface area contributed by atoms with Gasteiger partial charge in [0.15, 0.2) is 16.3 Å². The highest BCUT2D eigenvalue weighted by Gasteiger charge is 2.34. The number of fused-ring (bicyclic) bond motifs is 1. The lowest BCUT2D eigenvalue weighted by molar-refractivity contribution is -0.139. The normalized spacial score (nSPS) is 15.2. The minimum atomic E-state index is -0.831. The van der Waals surface area contributed by atoms with Gasteiger partial charge in [0, 0.05) is 11.9 Å². The smallest absolute Gasteiger partial charge is 0.338 e. The van der Waals surface area contributed by atoms with Gasteiger partial charge in [0.05, 0.1) is 35.6 Å². The lowest BCUT2D eigenvalue weighted by atomic mass is 9.95. The van der Waals surface area contributed by atoms with E-state index in [0.29, 0.717) is 25.6 Å². The molecule has 0 amide bonds. The Morgan fingerprint density at radius 3 is 2.64 bits per heavy atom. The van der Waals surface area contributed by atoms with Crippen molar-refractivity contribution in [3.8, 4) is 11.5 Å². The number of ether oxygens (including phenoxy) is 3. The van der Waals surface area contributed by atoms with Crippen molar-refractivity contribution >= 4 is 41.0 Å². The molecule has 0 saturated heterocycles. The summed E-state index contributed by atoms with van der Waals surface area (Å²) in [4.78, 5) is 43.2. The first-order valence-electron chi connectivity index (χ1n) is 11.0. The number of hydrogen-bond acceptors (Lipinski definition) is 8. The number of methoxy groups -OCH3 is 1. The standard InChI is InChI=1S/C26H23ClN2O6S/c1-5-34-25(32)22-14(2)28-26-29(24(31)21(36-26)12-16-7-6-8-18(27)11-16)23(22)17-9-10-19(35-15(3)30)20(13-17)33-4/h6-13,23H,5H2,1-4H3/b21-12+/t23-/m0/s1. The van der Waals surface area contributed by atoms with Crippen LogP contribution < -0.4 is 24.4 Å². The molecule has 2 heterocycles. The third-order valence-corrected chi connectivity index (χ3v) is 6.64. The van der Waals surface area contributed by atoms with E-state index >= 15 is 0 Å². The Kier molecular flexibility index (Phi) is 7.42. The topological polar surface area (TPSA) is 96.2 Å². The van der Waals surface area contributed by atoms with Crippen LogP contribution in [0, 0.1) is 0 Å². The first-order chi connectivity index (χ1) is 17.2. The van der Waals surface area contributed by atoms with Crippen molar-refractivity contribution in [2.75, 3.05) is 13.7 Å². The molecule has 8 nitrogen and oxygen atoms in total. The number of hydrogen-bond donors (Lipinski definition) is 0. The Morgan fingerprint density at radius 2 is 1.97 bits per heavy atom. The summed E-state index contributed by atoms with van der Waals surface area (Å²) in [6.07, 6.45) is 1.74. The lowest BCUT2D eigenvalue weighted by Crippen LogP contribution is -2.40. The number of carbonyl (C=O) groups is 2. The van der Waals surface area contributed by atoms with Crippen LogP contribution in [0.5, 0.6) is 11.5 Å². The van der Waals surface area contributed by atoms with E-state index in [1.165, 1.54) is 29.9 Å². The van der Waals surface area contributed by atoms with Gasteiger partial charge < -0.3 is 14.2 Å². The molecule has 0 aliphatic carbocycles. The average molecular weight is 527 g/mol. The maximum Gasteiger partial charge on any atom is 0.338 e. The predicted molar refractivity (Wildman–Crippen MR) is 136 cm³/mol. The quantitative estimate of drug-likeness (QED) is 0.361. The van der Waals surface area contributed by atoms with Gasteiger partial charge in [-0.1, -0.05) is 41.1 Å². The summed E-state index contributed by atoms with van der Waals surface area (Å²) in [6, 6.07) is 11.2. The van der Waals surface area contributed by atoms with Crippen LogP contribution in [-0.2, 0) is 14.3 Å². The predicted octanol–water partition coefficient (Wildman–Crippen LogP) is 3.39. The van der Waals surface area contributed by atoms with Gasteiger partial charge in [-0.05, 0) is 55.3 Å². The van der Waals surface area contributed by atoms with Gasteiger partial charge in [0.2, 0.25) is 0 Å². The van der Waals surface area contributed by atoms with Crippen LogP contribution in [0.1, 0.15) is 37.9 Å². The highest BCUT2D eigenvalue weighted by atomic mass is 35.5. The number of rotatable bonds is 6. The minimum Gasteiger partial charge on any atom is -0.493 e. The fourth-order valence-electron chi connectivity index (χ4n) is 3.95. The molecule has 1 aromatic heterocycles. The van der Waals surface area contributed by atoms with E-state index in [2.05, 4.69) is 4.99 Å². The van der Waals surface area contributed by atoms with Gasteiger partial charge in [-0.25, -0.2) is 9.79 Å². The van der Waals surface area contributed by atoms with E-state index in [0.717, 1.165) is 5.56 Å². The van der Waals surface area contributed by atoms with E-state index < -0.39 is 18.0 Å². The number of nitrogens with zero attached hydrogens (tertiary/aromatic N) is 2. The zero-order valence-electron chi connectivity index (χ0n) is 20.0. The maximum atomic E-state index is 13.7. The average Bonchev–Trinajstić information content (AvgIpc) is 3.12. The van der Waals surface area contributed by atoms with E-state index in [4.69, 9.17) is 25.8 Å². The Balaban J connectivity index is 1.95. The lowest BCUT2D eigenvalue weighted by Gasteiger charge is -2.25. The van der Waals surface area contributed by atoms with Crippen LogP contribution in [0.15, 0.2) is 63.5 Å². The number of carbonyl (C=O) groups excluding carboxylic acids is 2. The zero-order valence-corrected chi connectivity index (χ0v) is 21.6. The molecule has 0 spiro atoms. The number of thiazole rings is 1. The van der Waals surface area contributed by atoms with E-state index in [1.807, 2.05) is 6.07 Å². The molecule has 186 valence electrons. The molecular formula is C26H23ClN2O6S. The zero-order chi connectivity index (χ0) is 26.0. The fraction of sp³-hybridized carbons (Fsp3) is 0.231. The van der Waals surface area contributed by atoms with Crippen LogP contribution in [-0.4, -0.2) is 30.2 Å². The largest absolute Gasteiger partial charge is 0.493 e. The van der Waals surface area contributed by atoms with E-state index in [-0.39, 0.29) is 29.2 Å². The second kappa shape index (κ2) is 10.5. The highest BCUT2D eigenvalue weighted by molar-refractivity contribution is 7.07. The Labute approximate surface area is 215 Å². The van der Waals surface area contributed by atoms with Crippen molar-refractivity contribution in [3.05, 3.63) is 89.6 Å². The third-order valence-electron chi connectivity index (χ3n) is 5.42. The van der Waals surface area contributed by atoms with Gasteiger partial charge in [-0.3, -0.25) is 14.2 Å². The minimum absolute atomic E-state index is 0.163. The molecule has 0 N–H and O–H groups in total. The van der Waals surface area contributed by atoms with E-state index in [9.17, 15) is 14.4 Å². The van der Waals surface area contributed by atoms with E-state index in [1.54, 1.807) is 56.3 Å². The number of halogens is 1. The molecule has 1 atom stereocenters. The van der Waals surface area contributed by atoms with Crippen molar-refractivity contribution in [2.45, 2.75) is 26.8 Å². The summed E-state index contributed by atoms with van der Waals surface area (Å²) < 4.78 is 17.9. The first kappa shape index (κ1) is 25.4. The SMILES string of the molecule is CCOC(=O)C1=C(C)N=c2s/c(=C/c3cccc(Cl)c3)c(=O)n2[C@H]1c1ccc(OC(C)=O)c(OC)c1. The molecule has 2 aromatic carbocycles. The summed E-state index contributed by atoms with van der Waals surface area (Å²) in [5.74, 6) is -0.573. The number of benzene rings is 2. The van der Waals surface area contributed by atoms with Gasteiger partial charge in [0.1, 0.15) is 0 Å². The van der Waals surface area contributed by atoms with Crippen molar-refractivity contribution in [1.29, 1.82) is 0 Å². The summed E-state index contributed by atoms with van der Waals surface area (Å²) in [7, 11) is 1.44. The molecule has 1 aliphatic rings. The molecule has 10 heteroatoms. The molecule has 4 rings (SSSR count). The Hall–Kier alpha value is -3.69. The molecule has 0 radical (unpaired) electrons. The van der Waals surface area contributed by atoms with Crippen molar-refractivity contribution in [1.82, 2.24) is 4.57 Å². The van der Waals surface area contributed by atoms with Gasteiger partial charge in [0.25, 0.3) is 5.56 Å². The van der Waals surface area contributed by atoms with Crippen LogP contribution in [0.3, 0.4) is 0 Å². The Bertz CT molecular complexity index is 1570. The number of aromatic nitrogens is 1. The number of esters is 2. The van der Waals surface area contributed by atoms with Crippen LogP contribution in [0.2, 0.25) is 5.02 Å². The molecule has 0 fully saturated rings. The highest BCUT2D eigenvalue weighted by Crippen LogP contribution is 2.36. The molecular weight excluding hydrogens is 504 g/mol. The van der Waals surface area contributed by atoms with Crippen LogP contribution in [0.25, 0.3) is 6.08 Å². The van der Waals surface area contributed by atoms with Crippen molar-refractivity contribution in [3.63, 3.8) is 0 Å². The van der Waals surface area contributed by atoms with Crippen molar-refractivity contribution < 1.29 is 23.8 Å².